The number of hydrogen-bond acceptors (Lipinski definition) is 3. The van der Waals surface area contributed by atoms with E-state index >= 15 is 0 Å². The number of nitrogens with zero attached hydrogens (tertiary/aromatic N) is 1. The lowest BCUT2D eigenvalue weighted by molar-refractivity contribution is 0.0351. The zero-order valence-electron chi connectivity index (χ0n) is 13.4. The topological polar surface area (TPSA) is 55.6 Å². The zero-order chi connectivity index (χ0) is 16.2. The van der Waals surface area contributed by atoms with Gasteiger partial charge in [0.15, 0.2) is 0 Å². The molecule has 1 amide bonds. The summed E-state index contributed by atoms with van der Waals surface area (Å²) < 4.78 is 5.38. The fourth-order valence-corrected chi connectivity index (χ4v) is 3.14. The lowest BCUT2D eigenvalue weighted by Gasteiger charge is -2.32. The van der Waals surface area contributed by atoms with E-state index in [2.05, 4.69) is 0 Å². The van der Waals surface area contributed by atoms with Gasteiger partial charge in [-0.05, 0) is 30.5 Å². The summed E-state index contributed by atoms with van der Waals surface area (Å²) in [7, 11) is 1.73. The molecule has 0 aliphatic carbocycles. The molecule has 1 saturated heterocycles. The predicted molar refractivity (Wildman–Crippen MR) is 92.2 cm³/mol. The van der Waals surface area contributed by atoms with E-state index in [1.54, 1.807) is 7.11 Å². The van der Waals surface area contributed by atoms with Crippen molar-refractivity contribution in [2.45, 2.75) is 18.9 Å². The maximum absolute atomic E-state index is 13.0. The van der Waals surface area contributed by atoms with E-state index in [0.717, 1.165) is 37.1 Å². The first-order valence-corrected chi connectivity index (χ1v) is 7.96. The Bertz CT molecular complexity index is 677. The highest BCUT2D eigenvalue weighted by molar-refractivity contribution is 6.03. The number of carbonyl (C=O) groups is 1. The van der Waals surface area contributed by atoms with Gasteiger partial charge in [0.25, 0.3) is 5.91 Å². The van der Waals surface area contributed by atoms with Crippen LogP contribution in [0.5, 0.6) is 0 Å². The predicted octanol–water partition coefficient (Wildman–Crippen LogP) is 3.19. The number of amides is 1. The fraction of sp³-hybridized carbons (Fsp3) is 0.316. The third-order valence-corrected chi connectivity index (χ3v) is 4.45. The first-order chi connectivity index (χ1) is 11.2. The van der Waals surface area contributed by atoms with E-state index in [9.17, 15) is 4.79 Å². The molecule has 4 heteroatoms. The van der Waals surface area contributed by atoms with E-state index in [0.29, 0.717) is 11.3 Å². The van der Waals surface area contributed by atoms with Crippen LogP contribution in [0.4, 0.5) is 5.69 Å². The van der Waals surface area contributed by atoms with Crippen LogP contribution < -0.4 is 5.73 Å². The van der Waals surface area contributed by atoms with E-state index in [1.807, 2.05) is 53.4 Å². The van der Waals surface area contributed by atoms with Gasteiger partial charge in [0.05, 0.1) is 6.10 Å². The van der Waals surface area contributed by atoms with E-state index in [4.69, 9.17) is 10.5 Å². The van der Waals surface area contributed by atoms with E-state index < -0.39 is 0 Å². The van der Waals surface area contributed by atoms with Gasteiger partial charge in [0.2, 0.25) is 0 Å². The minimum absolute atomic E-state index is 0.0470. The Morgan fingerprint density at radius 3 is 2.43 bits per heavy atom. The molecule has 0 unspecified atom stereocenters. The van der Waals surface area contributed by atoms with Crippen molar-refractivity contribution in [3.05, 3.63) is 54.1 Å². The largest absolute Gasteiger partial charge is 0.398 e. The molecule has 0 bridgehead atoms. The number of hydrogen-bond donors (Lipinski definition) is 1. The molecule has 0 saturated carbocycles. The van der Waals surface area contributed by atoms with Gasteiger partial charge in [-0.1, -0.05) is 36.4 Å². The third-order valence-electron chi connectivity index (χ3n) is 4.45. The zero-order valence-corrected chi connectivity index (χ0v) is 13.4. The smallest absolute Gasteiger partial charge is 0.254 e. The van der Waals surface area contributed by atoms with Crippen molar-refractivity contribution in [3.63, 3.8) is 0 Å². The molecule has 0 spiro atoms. The maximum Gasteiger partial charge on any atom is 0.254 e. The Morgan fingerprint density at radius 2 is 1.78 bits per heavy atom. The SMILES string of the molecule is COC1CCN(C(=O)c2cccc(N)c2-c2ccccc2)CC1. The van der Waals surface area contributed by atoms with Crippen molar-refractivity contribution in [1.29, 1.82) is 0 Å². The number of carbonyl (C=O) groups excluding carboxylic acids is 1. The normalized spacial score (nSPS) is 15.6. The summed E-state index contributed by atoms with van der Waals surface area (Å²) in [6.07, 6.45) is 2.02. The molecule has 3 rings (SSSR count). The molecule has 2 aromatic rings. The third kappa shape index (κ3) is 3.22. The average Bonchev–Trinajstić information content (AvgIpc) is 2.61. The fourth-order valence-electron chi connectivity index (χ4n) is 3.14. The Labute approximate surface area is 136 Å². The summed E-state index contributed by atoms with van der Waals surface area (Å²) in [5.74, 6) is 0.0470. The highest BCUT2D eigenvalue weighted by Gasteiger charge is 2.25. The van der Waals surface area contributed by atoms with Gasteiger partial charge in [-0.2, -0.15) is 0 Å². The van der Waals surface area contributed by atoms with Gasteiger partial charge < -0.3 is 15.4 Å². The van der Waals surface area contributed by atoms with Crippen molar-refractivity contribution in [2.24, 2.45) is 0 Å². The summed E-state index contributed by atoms with van der Waals surface area (Å²) in [6.45, 7) is 1.45. The van der Waals surface area contributed by atoms with Gasteiger partial charge in [0, 0.05) is 37.0 Å². The Hall–Kier alpha value is -2.33. The van der Waals surface area contributed by atoms with Gasteiger partial charge in [-0.15, -0.1) is 0 Å². The van der Waals surface area contributed by atoms with Crippen LogP contribution in [-0.2, 0) is 4.74 Å². The molecule has 120 valence electrons. The Balaban J connectivity index is 1.91. The number of benzene rings is 2. The van der Waals surface area contributed by atoms with E-state index in [-0.39, 0.29) is 12.0 Å². The monoisotopic (exact) mass is 310 g/mol. The molecule has 1 heterocycles. The van der Waals surface area contributed by atoms with Crippen molar-refractivity contribution in [3.8, 4) is 11.1 Å². The standard InChI is InChI=1S/C19H22N2O2/c1-23-15-10-12-21(13-11-15)19(22)16-8-5-9-17(20)18(16)14-6-3-2-4-7-14/h2-9,15H,10-13,20H2,1H3. The molecule has 0 radical (unpaired) electrons. The van der Waals surface area contributed by atoms with Crippen LogP contribution in [0.15, 0.2) is 48.5 Å². The maximum atomic E-state index is 13.0. The molecule has 0 atom stereocenters. The van der Waals surface area contributed by atoms with Crippen molar-refractivity contribution in [2.75, 3.05) is 25.9 Å². The van der Waals surface area contributed by atoms with Crippen molar-refractivity contribution >= 4 is 11.6 Å². The van der Waals surface area contributed by atoms with Gasteiger partial charge in [0.1, 0.15) is 0 Å². The van der Waals surface area contributed by atoms with Crippen LogP contribution in [0.2, 0.25) is 0 Å². The highest BCUT2D eigenvalue weighted by Crippen LogP contribution is 2.31. The quantitative estimate of drug-likeness (QED) is 0.886. The molecular formula is C19H22N2O2. The molecule has 1 aliphatic heterocycles. The van der Waals surface area contributed by atoms with Crippen molar-refractivity contribution in [1.82, 2.24) is 4.90 Å². The van der Waals surface area contributed by atoms with Gasteiger partial charge >= 0.3 is 0 Å². The number of likely N-dealkylation sites (tertiary alicyclic amines) is 1. The highest BCUT2D eigenvalue weighted by atomic mass is 16.5. The second kappa shape index (κ2) is 6.84. The number of piperidine rings is 1. The number of ether oxygens (including phenoxy) is 1. The molecular weight excluding hydrogens is 288 g/mol. The molecule has 1 fully saturated rings. The van der Waals surface area contributed by atoms with Crippen molar-refractivity contribution < 1.29 is 9.53 Å². The van der Waals surface area contributed by atoms with E-state index in [1.165, 1.54) is 0 Å². The van der Waals surface area contributed by atoms with Gasteiger partial charge in [-0.25, -0.2) is 0 Å². The van der Waals surface area contributed by atoms with Crippen LogP contribution in [0, 0.1) is 0 Å². The second-order valence-electron chi connectivity index (χ2n) is 5.86. The molecule has 23 heavy (non-hydrogen) atoms. The Kier molecular flexibility index (Phi) is 4.63. The summed E-state index contributed by atoms with van der Waals surface area (Å²) >= 11 is 0. The minimum Gasteiger partial charge on any atom is -0.398 e. The molecule has 2 aromatic carbocycles. The lowest BCUT2D eigenvalue weighted by atomic mass is 9.96. The first-order valence-electron chi connectivity index (χ1n) is 7.96. The number of anilines is 1. The summed E-state index contributed by atoms with van der Waals surface area (Å²) in [5, 5.41) is 0. The van der Waals surface area contributed by atoms with Gasteiger partial charge in [-0.3, -0.25) is 4.79 Å². The second-order valence-corrected chi connectivity index (χ2v) is 5.86. The number of rotatable bonds is 3. The molecule has 0 aromatic heterocycles. The number of nitrogens with two attached hydrogens (primary N) is 1. The minimum atomic E-state index is 0.0470. The average molecular weight is 310 g/mol. The van der Waals surface area contributed by atoms with Crippen LogP contribution in [0.1, 0.15) is 23.2 Å². The number of methoxy groups -OCH3 is 1. The van der Waals surface area contributed by atoms with Crippen LogP contribution in [-0.4, -0.2) is 37.1 Å². The Morgan fingerprint density at radius 1 is 1.09 bits per heavy atom. The lowest BCUT2D eigenvalue weighted by Crippen LogP contribution is -2.40. The first kappa shape index (κ1) is 15.6. The molecule has 4 nitrogen and oxygen atoms in total. The van der Waals surface area contributed by atoms with Crippen LogP contribution in [0.25, 0.3) is 11.1 Å². The number of nitrogen functional groups attached to an aromatic ring is 1. The molecule has 1 aliphatic rings. The van der Waals surface area contributed by atoms with Crippen LogP contribution in [0.3, 0.4) is 0 Å². The molecule has 2 N–H and O–H groups in total. The summed E-state index contributed by atoms with van der Waals surface area (Å²) in [6, 6.07) is 15.4. The van der Waals surface area contributed by atoms with Crippen LogP contribution >= 0.6 is 0 Å². The summed E-state index contributed by atoms with van der Waals surface area (Å²) in [5.41, 5.74) is 9.28. The summed E-state index contributed by atoms with van der Waals surface area (Å²) in [4.78, 5) is 14.9.